The minimum Gasteiger partial charge on any atom is -0.373 e. The zero-order chi connectivity index (χ0) is 15.6. The van der Waals surface area contributed by atoms with E-state index in [1.807, 2.05) is 0 Å². The second kappa shape index (κ2) is 6.50. The molecule has 2 rings (SSSR count). The van der Waals surface area contributed by atoms with E-state index in [0.29, 0.717) is 6.04 Å². The van der Waals surface area contributed by atoms with Crippen LogP contribution in [-0.4, -0.2) is 18.8 Å². The standard InChI is InChI=1S/C19H31NO/c1-7-10-20-18(19(6)9-8-11-21-19)17-15(4)13(2)12-14(3)16(17)5/h12,18,20H,7-11H2,1-6H3. The lowest BCUT2D eigenvalue weighted by atomic mass is 9.81. The summed E-state index contributed by atoms with van der Waals surface area (Å²) in [5.74, 6) is 0. The van der Waals surface area contributed by atoms with Gasteiger partial charge >= 0.3 is 0 Å². The molecule has 0 radical (unpaired) electrons. The predicted molar refractivity (Wildman–Crippen MR) is 90.0 cm³/mol. The summed E-state index contributed by atoms with van der Waals surface area (Å²) < 4.78 is 6.18. The maximum Gasteiger partial charge on any atom is 0.0849 e. The SMILES string of the molecule is CCCNC(c1c(C)c(C)cc(C)c1C)C1(C)CCCO1. The molecule has 1 aromatic carbocycles. The molecule has 2 unspecified atom stereocenters. The van der Waals surface area contributed by atoms with Gasteiger partial charge in [0, 0.05) is 6.61 Å². The van der Waals surface area contributed by atoms with Gasteiger partial charge in [0.2, 0.25) is 0 Å². The highest BCUT2D eigenvalue weighted by Gasteiger charge is 2.40. The van der Waals surface area contributed by atoms with E-state index < -0.39 is 0 Å². The monoisotopic (exact) mass is 289 g/mol. The molecular formula is C19H31NO. The van der Waals surface area contributed by atoms with Crippen molar-refractivity contribution < 1.29 is 4.74 Å². The fourth-order valence-electron chi connectivity index (χ4n) is 3.62. The molecule has 1 aromatic rings. The number of ether oxygens (including phenoxy) is 1. The molecule has 118 valence electrons. The Labute approximate surface area is 130 Å². The van der Waals surface area contributed by atoms with E-state index in [2.05, 4.69) is 52.9 Å². The van der Waals surface area contributed by atoms with Crippen LogP contribution in [0, 0.1) is 27.7 Å². The maximum absolute atomic E-state index is 6.18. The molecular weight excluding hydrogens is 258 g/mol. The summed E-state index contributed by atoms with van der Waals surface area (Å²) in [6.45, 7) is 15.4. The van der Waals surface area contributed by atoms with Gasteiger partial charge in [-0.3, -0.25) is 0 Å². The average molecular weight is 289 g/mol. The average Bonchev–Trinajstić information content (AvgIpc) is 2.88. The molecule has 1 aliphatic rings. The van der Waals surface area contributed by atoms with E-state index in [4.69, 9.17) is 4.74 Å². The molecule has 2 nitrogen and oxygen atoms in total. The van der Waals surface area contributed by atoms with Gasteiger partial charge in [0.05, 0.1) is 11.6 Å². The molecule has 2 heteroatoms. The lowest BCUT2D eigenvalue weighted by Gasteiger charge is -2.37. The highest BCUT2D eigenvalue weighted by atomic mass is 16.5. The van der Waals surface area contributed by atoms with E-state index in [9.17, 15) is 0 Å². The zero-order valence-electron chi connectivity index (χ0n) is 14.6. The van der Waals surface area contributed by atoms with E-state index in [1.165, 1.54) is 34.2 Å². The number of aryl methyl sites for hydroxylation is 2. The van der Waals surface area contributed by atoms with Crippen LogP contribution in [0.25, 0.3) is 0 Å². The maximum atomic E-state index is 6.18. The summed E-state index contributed by atoms with van der Waals surface area (Å²) in [4.78, 5) is 0. The predicted octanol–water partition coefficient (Wildman–Crippen LogP) is 4.53. The number of hydrogen-bond donors (Lipinski definition) is 1. The van der Waals surface area contributed by atoms with Crippen LogP contribution in [0.5, 0.6) is 0 Å². The summed E-state index contributed by atoms with van der Waals surface area (Å²) in [5.41, 5.74) is 7.00. The molecule has 0 spiro atoms. The van der Waals surface area contributed by atoms with Crippen molar-refractivity contribution in [1.29, 1.82) is 0 Å². The fraction of sp³-hybridized carbons (Fsp3) is 0.684. The Balaban J connectivity index is 2.51. The summed E-state index contributed by atoms with van der Waals surface area (Å²) in [5, 5.41) is 3.78. The Morgan fingerprint density at radius 2 is 1.81 bits per heavy atom. The number of benzene rings is 1. The second-order valence-electron chi connectivity index (χ2n) is 6.83. The largest absolute Gasteiger partial charge is 0.373 e. The van der Waals surface area contributed by atoms with Crippen LogP contribution in [0.4, 0.5) is 0 Å². The molecule has 1 N–H and O–H groups in total. The second-order valence-corrected chi connectivity index (χ2v) is 6.83. The Morgan fingerprint density at radius 1 is 1.19 bits per heavy atom. The third-order valence-electron chi connectivity index (χ3n) is 5.17. The Morgan fingerprint density at radius 3 is 2.29 bits per heavy atom. The third kappa shape index (κ3) is 3.17. The minimum atomic E-state index is -0.0784. The van der Waals surface area contributed by atoms with Crippen molar-refractivity contribution >= 4 is 0 Å². The van der Waals surface area contributed by atoms with Gasteiger partial charge in [-0.2, -0.15) is 0 Å². The van der Waals surface area contributed by atoms with Gasteiger partial charge in [-0.25, -0.2) is 0 Å². The van der Waals surface area contributed by atoms with Gasteiger partial charge < -0.3 is 10.1 Å². The lowest BCUT2D eigenvalue weighted by molar-refractivity contribution is -0.0128. The summed E-state index contributed by atoms with van der Waals surface area (Å²) >= 11 is 0. The van der Waals surface area contributed by atoms with Crippen LogP contribution in [0.15, 0.2) is 6.07 Å². The van der Waals surface area contributed by atoms with Crippen LogP contribution in [0.3, 0.4) is 0 Å². The molecule has 0 bridgehead atoms. The molecule has 1 fully saturated rings. The van der Waals surface area contributed by atoms with Crippen molar-refractivity contribution in [3.05, 3.63) is 33.9 Å². The highest BCUT2D eigenvalue weighted by molar-refractivity contribution is 5.46. The van der Waals surface area contributed by atoms with E-state index in [1.54, 1.807) is 0 Å². The van der Waals surface area contributed by atoms with Crippen molar-refractivity contribution in [3.8, 4) is 0 Å². The molecule has 1 saturated heterocycles. The molecule has 1 aliphatic heterocycles. The van der Waals surface area contributed by atoms with Crippen LogP contribution in [0.1, 0.15) is 67.0 Å². The van der Waals surface area contributed by atoms with Gasteiger partial charge in [0.1, 0.15) is 0 Å². The Hall–Kier alpha value is -0.860. The summed E-state index contributed by atoms with van der Waals surface area (Å²) in [6.07, 6.45) is 3.46. The van der Waals surface area contributed by atoms with Crippen LogP contribution in [-0.2, 0) is 4.74 Å². The Kier molecular flexibility index (Phi) is 5.11. The Bertz CT molecular complexity index is 475. The topological polar surface area (TPSA) is 21.3 Å². The van der Waals surface area contributed by atoms with Crippen molar-refractivity contribution in [2.24, 2.45) is 0 Å². The molecule has 2 atom stereocenters. The summed E-state index contributed by atoms with van der Waals surface area (Å²) in [6, 6.07) is 2.60. The highest BCUT2D eigenvalue weighted by Crippen LogP contribution is 2.41. The molecule has 21 heavy (non-hydrogen) atoms. The molecule has 1 heterocycles. The quantitative estimate of drug-likeness (QED) is 0.860. The first-order valence-corrected chi connectivity index (χ1v) is 8.35. The van der Waals surface area contributed by atoms with E-state index in [0.717, 1.165) is 26.0 Å². The lowest BCUT2D eigenvalue weighted by Crippen LogP contribution is -2.42. The van der Waals surface area contributed by atoms with Gasteiger partial charge in [0.15, 0.2) is 0 Å². The van der Waals surface area contributed by atoms with E-state index in [-0.39, 0.29) is 5.60 Å². The molecule has 0 aromatic heterocycles. The van der Waals surface area contributed by atoms with Gasteiger partial charge in [-0.05, 0) is 88.2 Å². The number of nitrogens with one attached hydrogen (secondary N) is 1. The molecule has 0 aliphatic carbocycles. The third-order valence-corrected chi connectivity index (χ3v) is 5.17. The van der Waals surface area contributed by atoms with E-state index >= 15 is 0 Å². The van der Waals surface area contributed by atoms with Crippen LogP contribution < -0.4 is 5.32 Å². The zero-order valence-corrected chi connectivity index (χ0v) is 14.6. The minimum absolute atomic E-state index is 0.0784. The van der Waals surface area contributed by atoms with Gasteiger partial charge in [-0.15, -0.1) is 0 Å². The molecule has 0 amide bonds. The molecule has 0 saturated carbocycles. The van der Waals surface area contributed by atoms with Gasteiger partial charge in [-0.1, -0.05) is 13.0 Å². The fourth-order valence-corrected chi connectivity index (χ4v) is 3.62. The first-order valence-electron chi connectivity index (χ1n) is 8.35. The van der Waals surface area contributed by atoms with Crippen molar-refractivity contribution in [2.75, 3.05) is 13.2 Å². The van der Waals surface area contributed by atoms with Crippen LogP contribution in [0.2, 0.25) is 0 Å². The van der Waals surface area contributed by atoms with Crippen molar-refractivity contribution in [3.63, 3.8) is 0 Å². The van der Waals surface area contributed by atoms with Crippen LogP contribution >= 0.6 is 0 Å². The normalized spacial score (nSPS) is 23.5. The first-order chi connectivity index (χ1) is 9.90. The summed E-state index contributed by atoms with van der Waals surface area (Å²) in [7, 11) is 0. The smallest absolute Gasteiger partial charge is 0.0849 e. The van der Waals surface area contributed by atoms with Gasteiger partial charge in [0.25, 0.3) is 0 Å². The number of rotatable bonds is 5. The number of hydrogen-bond acceptors (Lipinski definition) is 2. The van der Waals surface area contributed by atoms with Crippen molar-refractivity contribution in [2.45, 2.75) is 72.4 Å². The van der Waals surface area contributed by atoms with Crippen molar-refractivity contribution in [1.82, 2.24) is 5.32 Å². The first kappa shape index (κ1) is 16.5.